The Hall–Kier alpha value is -1.42. The Morgan fingerprint density at radius 2 is 2.42 bits per heavy atom. The van der Waals surface area contributed by atoms with Crippen molar-refractivity contribution in [2.24, 2.45) is 0 Å². The fourth-order valence-electron chi connectivity index (χ4n) is 1.12. The average molecular weight is 162 g/mol. The first-order chi connectivity index (χ1) is 5.90. The zero-order chi connectivity index (χ0) is 8.39. The topological polar surface area (TPSA) is 50.1 Å². The van der Waals surface area contributed by atoms with Crippen molar-refractivity contribution >= 4 is 5.65 Å². The van der Waals surface area contributed by atoms with E-state index < -0.39 is 0 Å². The molecule has 1 radical (unpaired) electrons. The van der Waals surface area contributed by atoms with Crippen LogP contribution in [0.4, 0.5) is 0 Å². The number of aromatic nitrogens is 3. The average Bonchev–Trinajstić information content (AvgIpc) is 2.47. The third-order valence-corrected chi connectivity index (χ3v) is 1.67. The number of rotatable bonds is 2. The summed E-state index contributed by atoms with van der Waals surface area (Å²) in [7, 11) is 0. The molecule has 0 unspecified atom stereocenters. The summed E-state index contributed by atoms with van der Waals surface area (Å²) in [5.74, 6) is 0. The minimum absolute atomic E-state index is 0.114. The highest BCUT2D eigenvalue weighted by Crippen LogP contribution is 2.02. The Labute approximate surface area is 69.5 Å². The molecule has 0 aliphatic rings. The van der Waals surface area contributed by atoms with E-state index in [0.717, 1.165) is 11.3 Å². The molecule has 4 heteroatoms. The molecule has 0 atom stereocenters. The quantitative estimate of drug-likeness (QED) is 0.652. The normalized spacial score (nSPS) is 10.8. The monoisotopic (exact) mass is 162 g/mol. The van der Waals surface area contributed by atoms with Crippen LogP contribution >= 0.6 is 0 Å². The first-order valence-electron chi connectivity index (χ1n) is 3.76. The van der Waals surface area contributed by atoms with E-state index in [2.05, 4.69) is 9.97 Å². The number of imidazole rings is 1. The lowest BCUT2D eigenvalue weighted by Crippen LogP contribution is -1.87. The van der Waals surface area contributed by atoms with E-state index >= 15 is 0 Å². The fraction of sp³-hybridized carbons (Fsp3) is 0.250. The number of hydrogen-bond donors (Lipinski definition) is 0. The van der Waals surface area contributed by atoms with Crippen molar-refractivity contribution in [2.75, 3.05) is 6.61 Å². The molecule has 0 bridgehead atoms. The second-order valence-corrected chi connectivity index (χ2v) is 2.53. The first kappa shape index (κ1) is 7.24. The van der Waals surface area contributed by atoms with Crippen LogP contribution in [-0.2, 0) is 11.5 Å². The molecule has 61 valence electrons. The van der Waals surface area contributed by atoms with E-state index in [0.29, 0.717) is 6.42 Å². The van der Waals surface area contributed by atoms with Crippen molar-refractivity contribution < 1.29 is 5.11 Å². The molecule has 12 heavy (non-hydrogen) atoms. The summed E-state index contributed by atoms with van der Waals surface area (Å²) >= 11 is 0. The number of fused-ring (bicyclic) bond motifs is 1. The second-order valence-electron chi connectivity index (χ2n) is 2.53. The van der Waals surface area contributed by atoms with Gasteiger partial charge < -0.3 is 0 Å². The molecule has 0 aliphatic carbocycles. The number of hydrogen-bond acceptors (Lipinski definition) is 2. The molecular formula is C8H8N3O. The van der Waals surface area contributed by atoms with E-state index in [-0.39, 0.29) is 6.61 Å². The van der Waals surface area contributed by atoms with Crippen LogP contribution in [0.5, 0.6) is 0 Å². The zero-order valence-electron chi connectivity index (χ0n) is 6.47. The molecule has 0 aromatic carbocycles. The smallest absolute Gasteiger partial charge is 0.139 e. The number of nitrogens with zero attached hydrogens (tertiary/aromatic N) is 3. The molecule has 0 N–H and O–H groups in total. The van der Waals surface area contributed by atoms with Crippen molar-refractivity contribution in [3.8, 4) is 0 Å². The van der Waals surface area contributed by atoms with Gasteiger partial charge in [-0.05, 0) is 6.07 Å². The van der Waals surface area contributed by atoms with Gasteiger partial charge in [0.1, 0.15) is 12.0 Å². The van der Waals surface area contributed by atoms with E-state index in [1.54, 1.807) is 12.5 Å². The molecular weight excluding hydrogens is 154 g/mol. The van der Waals surface area contributed by atoms with Crippen LogP contribution < -0.4 is 0 Å². The van der Waals surface area contributed by atoms with Crippen molar-refractivity contribution in [3.63, 3.8) is 0 Å². The van der Waals surface area contributed by atoms with Gasteiger partial charge >= 0.3 is 0 Å². The van der Waals surface area contributed by atoms with Crippen molar-refractivity contribution in [1.29, 1.82) is 0 Å². The molecule has 2 aromatic rings. The Kier molecular flexibility index (Phi) is 1.75. The van der Waals surface area contributed by atoms with Gasteiger partial charge in [0.05, 0.1) is 12.3 Å². The Balaban J connectivity index is 2.47. The Bertz CT molecular complexity index is 349. The Morgan fingerprint density at radius 1 is 1.50 bits per heavy atom. The summed E-state index contributed by atoms with van der Waals surface area (Å²) in [6.07, 6.45) is 5.68. The predicted octanol–water partition coefficient (Wildman–Crippen LogP) is 0.702. The molecule has 2 heterocycles. The van der Waals surface area contributed by atoms with Gasteiger partial charge in [-0.15, -0.1) is 0 Å². The summed E-state index contributed by atoms with van der Waals surface area (Å²) < 4.78 is 1.81. The highest BCUT2D eigenvalue weighted by atomic mass is 16.3. The summed E-state index contributed by atoms with van der Waals surface area (Å²) in [5, 5.41) is 10.3. The van der Waals surface area contributed by atoms with Gasteiger partial charge in [0.2, 0.25) is 0 Å². The van der Waals surface area contributed by atoms with Gasteiger partial charge in [0, 0.05) is 18.8 Å². The molecule has 0 saturated carbocycles. The van der Waals surface area contributed by atoms with Gasteiger partial charge in [-0.1, -0.05) is 0 Å². The molecule has 0 spiro atoms. The minimum Gasteiger partial charge on any atom is -0.290 e. The van der Waals surface area contributed by atoms with Crippen molar-refractivity contribution in [2.45, 2.75) is 6.42 Å². The largest absolute Gasteiger partial charge is 0.290 e. The molecule has 0 amide bonds. The minimum atomic E-state index is -0.114. The lowest BCUT2D eigenvalue weighted by molar-refractivity contribution is 0.196. The zero-order valence-corrected chi connectivity index (χ0v) is 6.47. The maximum atomic E-state index is 10.3. The lowest BCUT2D eigenvalue weighted by Gasteiger charge is -1.85. The van der Waals surface area contributed by atoms with E-state index in [4.69, 9.17) is 0 Å². The molecule has 0 saturated heterocycles. The molecule has 0 fully saturated rings. The van der Waals surface area contributed by atoms with Crippen LogP contribution in [-0.4, -0.2) is 21.0 Å². The maximum absolute atomic E-state index is 10.3. The predicted molar refractivity (Wildman–Crippen MR) is 42.2 cm³/mol. The summed E-state index contributed by atoms with van der Waals surface area (Å²) in [4.78, 5) is 8.16. The van der Waals surface area contributed by atoms with Gasteiger partial charge in [0.25, 0.3) is 0 Å². The van der Waals surface area contributed by atoms with E-state index in [1.807, 2.05) is 16.7 Å². The van der Waals surface area contributed by atoms with E-state index in [9.17, 15) is 5.11 Å². The van der Waals surface area contributed by atoms with Crippen molar-refractivity contribution in [1.82, 2.24) is 14.4 Å². The van der Waals surface area contributed by atoms with Crippen LogP contribution in [0.1, 0.15) is 5.69 Å². The SMILES string of the molecule is [O]CCc1cn2cnccc2n1. The summed E-state index contributed by atoms with van der Waals surface area (Å²) in [6, 6.07) is 1.81. The summed E-state index contributed by atoms with van der Waals surface area (Å²) in [5.41, 5.74) is 1.67. The molecule has 0 aliphatic heterocycles. The van der Waals surface area contributed by atoms with E-state index in [1.165, 1.54) is 0 Å². The van der Waals surface area contributed by atoms with Crippen LogP contribution in [0.25, 0.3) is 5.65 Å². The molecule has 2 rings (SSSR count). The first-order valence-corrected chi connectivity index (χ1v) is 3.76. The van der Waals surface area contributed by atoms with Gasteiger partial charge in [-0.3, -0.25) is 4.40 Å². The second kappa shape index (κ2) is 2.91. The lowest BCUT2D eigenvalue weighted by atomic mass is 10.4. The maximum Gasteiger partial charge on any atom is 0.139 e. The summed E-state index contributed by atoms with van der Waals surface area (Å²) in [6.45, 7) is -0.114. The standard InChI is InChI=1S/C8H8N3O/c12-4-2-7-5-11-6-9-3-1-8(11)10-7/h1,3,5-6H,2,4H2. The van der Waals surface area contributed by atoms with Crippen LogP contribution in [0.3, 0.4) is 0 Å². The van der Waals surface area contributed by atoms with Gasteiger partial charge in [-0.25, -0.2) is 15.1 Å². The van der Waals surface area contributed by atoms with Crippen LogP contribution in [0, 0.1) is 0 Å². The van der Waals surface area contributed by atoms with Crippen molar-refractivity contribution in [3.05, 3.63) is 30.5 Å². The van der Waals surface area contributed by atoms with Gasteiger partial charge in [0.15, 0.2) is 0 Å². The Morgan fingerprint density at radius 3 is 3.17 bits per heavy atom. The third kappa shape index (κ3) is 1.16. The van der Waals surface area contributed by atoms with Crippen LogP contribution in [0.2, 0.25) is 0 Å². The van der Waals surface area contributed by atoms with Gasteiger partial charge in [-0.2, -0.15) is 0 Å². The highest BCUT2D eigenvalue weighted by molar-refractivity contribution is 5.37. The molecule has 2 aromatic heterocycles. The highest BCUT2D eigenvalue weighted by Gasteiger charge is 1.99. The fourth-order valence-corrected chi connectivity index (χ4v) is 1.12. The molecule has 4 nitrogen and oxygen atoms in total. The van der Waals surface area contributed by atoms with Crippen LogP contribution in [0.15, 0.2) is 24.8 Å². The third-order valence-electron chi connectivity index (χ3n) is 1.67.